The zero-order valence-corrected chi connectivity index (χ0v) is 18.0. The molecule has 5 nitrogen and oxygen atoms in total. The van der Waals surface area contributed by atoms with Crippen LogP contribution in [0.25, 0.3) is 0 Å². The molecular weight excluding hydrogens is 376 g/mol. The number of carbonyl (C=O) groups is 1. The van der Waals surface area contributed by atoms with E-state index in [1.54, 1.807) is 29.2 Å². The molecule has 1 saturated carbocycles. The molecule has 0 aromatic heterocycles. The molecule has 1 N–H and O–H groups in total. The molecule has 0 radical (unpaired) electrons. The third-order valence-corrected chi connectivity index (χ3v) is 6.12. The minimum Gasteiger partial charge on any atom is -0.410 e. The fourth-order valence-electron chi connectivity index (χ4n) is 3.98. The second kappa shape index (κ2) is 12.3. The fraction of sp³-hybridized carbons (Fsp3) is 0.682. The number of unbranched alkanes of at least 4 members (excludes halogenated alkanes) is 1. The van der Waals surface area contributed by atoms with Crippen molar-refractivity contribution in [1.29, 1.82) is 0 Å². The van der Waals surface area contributed by atoms with Crippen molar-refractivity contribution in [1.82, 2.24) is 9.80 Å². The lowest BCUT2D eigenvalue weighted by molar-refractivity contribution is 0.123. The summed E-state index contributed by atoms with van der Waals surface area (Å²) < 4.78 is 5.45. The molecule has 158 valence electrons. The maximum Gasteiger partial charge on any atom is 0.415 e. The maximum atomic E-state index is 12.4. The Kier molecular flexibility index (Phi) is 10.1. The van der Waals surface area contributed by atoms with Gasteiger partial charge in [0.05, 0.1) is 6.61 Å². The number of rotatable bonds is 10. The average molecular weight is 411 g/mol. The van der Waals surface area contributed by atoms with Gasteiger partial charge in [-0.1, -0.05) is 31.4 Å². The quantitative estimate of drug-likeness (QED) is 0.562. The van der Waals surface area contributed by atoms with Crippen LogP contribution in [0.3, 0.4) is 0 Å². The van der Waals surface area contributed by atoms with Crippen LogP contribution in [0.15, 0.2) is 24.3 Å². The van der Waals surface area contributed by atoms with Crippen molar-refractivity contribution in [2.45, 2.75) is 57.9 Å². The highest BCUT2D eigenvalue weighted by Gasteiger charge is 2.27. The van der Waals surface area contributed by atoms with Crippen LogP contribution in [0, 0.1) is 5.92 Å². The predicted molar refractivity (Wildman–Crippen MR) is 114 cm³/mol. The van der Waals surface area contributed by atoms with Crippen LogP contribution in [-0.4, -0.2) is 60.3 Å². The number of benzene rings is 1. The van der Waals surface area contributed by atoms with Crippen LogP contribution in [0.5, 0.6) is 5.75 Å². The molecule has 0 spiro atoms. The molecule has 6 heteroatoms. The number of carbonyl (C=O) groups excluding carboxylic acids is 1. The summed E-state index contributed by atoms with van der Waals surface area (Å²) in [7, 11) is 1.84. The molecule has 0 bridgehead atoms. The average Bonchev–Trinajstić information content (AvgIpc) is 2.71. The van der Waals surface area contributed by atoms with Gasteiger partial charge in [0.15, 0.2) is 0 Å². The number of hydrogen-bond acceptors (Lipinski definition) is 4. The first-order chi connectivity index (χ1) is 13.5. The lowest BCUT2D eigenvalue weighted by Gasteiger charge is -2.34. The minimum absolute atomic E-state index is 0.242. The highest BCUT2D eigenvalue weighted by atomic mass is 35.5. The number of amides is 1. The van der Waals surface area contributed by atoms with E-state index in [1.807, 2.05) is 7.05 Å². The number of nitrogens with zero attached hydrogens (tertiary/aromatic N) is 2. The normalized spacial score (nSPS) is 19.6. The predicted octanol–water partition coefficient (Wildman–Crippen LogP) is 4.81. The van der Waals surface area contributed by atoms with Crippen LogP contribution < -0.4 is 4.74 Å². The van der Waals surface area contributed by atoms with E-state index < -0.39 is 0 Å². The van der Waals surface area contributed by atoms with Crippen molar-refractivity contribution in [3.05, 3.63) is 29.3 Å². The Morgan fingerprint density at radius 1 is 1.14 bits per heavy atom. The Morgan fingerprint density at radius 2 is 1.82 bits per heavy atom. The molecule has 1 aliphatic rings. The molecule has 1 aromatic carbocycles. The van der Waals surface area contributed by atoms with Gasteiger partial charge in [-0.05, 0) is 75.4 Å². The summed E-state index contributed by atoms with van der Waals surface area (Å²) >= 11 is 5.87. The zero-order chi connectivity index (χ0) is 20.4. The molecule has 0 aliphatic heterocycles. The Morgan fingerprint density at radius 3 is 2.43 bits per heavy atom. The van der Waals surface area contributed by atoms with Crippen LogP contribution in [0.4, 0.5) is 4.79 Å². The molecule has 0 saturated heterocycles. The van der Waals surface area contributed by atoms with Crippen LogP contribution in [-0.2, 0) is 0 Å². The summed E-state index contributed by atoms with van der Waals surface area (Å²) in [4.78, 5) is 16.4. The number of hydrogen-bond donors (Lipinski definition) is 1. The van der Waals surface area contributed by atoms with Crippen molar-refractivity contribution in [2.75, 3.05) is 33.3 Å². The van der Waals surface area contributed by atoms with Crippen LogP contribution in [0.2, 0.25) is 5.02 Å². The standard InChI is InChI=1S/C22H35ClN2O3/c1-3-25(16-17-26)15-5-4-6-18-7-11-20(12-8-18)24(2)22(27)28-21-13-9-19(23)10-14-21/h9-10,13-14,18,20,26H,3-8,11-12,15-17H2,1-2H3/t18-,20-. The van der Waals surface area contributed by atoms with Gasteiger partial charge in [0.2, 0.25) is 0 Å². The van der Waals surface area contributed by atoms with Gasteiger partial charge in [0.25, 0.3) is 0 Å². The molecule has 28 heavy (non-hydrogen) atoms. The summed E-state index contributed by atoms with van der Waals surface area (Å²) in [6.45, 7) is 5.24. The number of ether oxygens (including phenoxy) is 1. The monoisotopic (exact) mass is 410 g/mol. The Balaban J connectivity index is 1.65. The van der Waals surface area contributed by atoms with Gasteiger partial charge in [-0.2, -0.15) is 0 Å². The van der Waals surface area contributed by atoms with Gasteiger partial charge in [0.1, 0.15) is 5.75 Å². The first kappa shape index (κ1) is 23.0. The smallest absolute Gasteiger partial charge is 0.410 e. The van der Waals surface area contributed by atoms with Gasteiger partial charge in [-0.25, -0.2) is 4.79 Å². The molecule has 1 aromatic rings. The molecule has 0 heterocycles. The van der Waals surface area contributed by atoms with Crippen molar-refractivity contribution in [3.63, 3.8) is 0 Å². The van der Waals surface area contributed by atoms with Gasteiger partial charge < -0.3 is 19.6 Å². The number of halogens is 1. The van der Waals surface area contributed by atoms with Crippen LogP contribution in [0.1, 0.15) is 51.9 Å². The lowest BCUT2D eigenvalue weighted by Crippen LogP contribution is -2.41. The van der Waals surface area contributed by atoms with Crippen molar-refractivity contribution in [3.8, 4) is 5.75 Å². The summed E-state index contributed by atoms with van der Waals surface area (Å²) in [5, 5.41) is 9.67. The molecule has 1 amide bonds. The largest absolute Gasteiger partial charge is 0.415 e. The van der Waals surface area contributed by atoms with E-state index in [0.29, 0.717) is 10.8 Å². The second-order valence-corrected chi connectivity index (χ2v) is 8.20. The molecule has 1 fully saturated rings. The van der Waals surface area contributed by atoms with E-state index in [9.17, 15) is 4.79 Å². The SMILES string of the molecule is CCN(CCO)CCCC[C@H]1CC[C@H](N(C)C(=O)Oc2ccc(Cl)cc2)CC1. The van der Waals surface area contributed by atoms with E-state index in [0.717, 1.165) is 38.4 Å². The highest BCUT2D eigenvalue weighted by Crippen LogP contribution is 2.31. The van der Waals surface area contributed by atoms with Crippen molar-refractivity contribution >= 4 is 17.7 Å². The van der Waals surface area contributed by atoms with Crippen molar-refractivity contribution in [2.24, 2.45) is 5.92 Å². The Bertz CT molecular complexity index is 574. The van der Waals surface area contributed by atoms with Gasteiger partial charge in [-0.15, -0.1) is 0 Å². The van der Waals surface area contributed by atoms with E-state index in [1.165, 1.54) is 32.1 Å². The molecule has 0 atom stereocenters. The first-order valence-corrected chi connectivity index (χ1v) is 10.9. The molecular formula is C22H35ClN2O3. The Labute approximate surface area is 174 Å². The first-order valence-electron chi connectivity index (χ1n) is 10.6. The van der Waals surface area contributed by atoms with E-state index in [4.69, 9.17) is 21.4 Å². The zero-order valence-electron chi connectivity index (χ0n) is 17.3. The second-order valence-electron chi connectivity index (χ2n) is 7.76. The molecule has 2 rings (SSSR count). The third-order valence-electron chi connectivity index (χ3n) is 5.87. The van der Waals surface area contributed by atoms with Crippen molar-refractivity contribution < 1.29 is 14.6 Å². The highest BCUT2D eigenvalue weighted by molar-refractivity contribution is 6.30. The number of likely N-dealkylation sites (N-methyl/N-ethyl adjacent to an activating group) is 1. The third kappa shape index (κ3) is 7.61. The van der Waals surface area contributed by atoms with Gasteiger partial charge in [-0.3, -0.25) is 0 Å². The molecule has 1 aliphatic carbocycles. The Hall–Kier alpha value is -1.30. The lowest BCUT2D eigenvalue weighted by atomic mass is 9.82. The fourth-order valence-corrected chi connectivity index (χ4v) is 4.11. The van der Waals surface area contributed by atoms with E-state index in [-0.39, 0.29) is 18.7 Å². The summed E-state index contributed by atoms with van der Waals surface area (Å²) in [6, 6.07) is 7.13. The van der Waals surface area contributed by atoms with Crippen LogP contribution >= 0.6 is 11.6 Å². The van der Waals surface area contributed by atoms with E-state index >= 15 is 0 Å². The summed E-state index contributed by atoms with van der Waals surface area (Å²) in [6.07, 6.45) is 7.85. The van der Waals surface area contributed by atoms with Gasteiger partial charge >= 0.3 is 6.09 Å². The topological polar surface area (TPSA) is 53.0 Å². The maximum absolute atomic E-state index is 12.4. The minimum atomic E-state index is -0.297. The molecule has 0 unspecified atom stereocenters. The van der Waals surface area contributed by atoms with E-state index in [2.05, 4.69) is 11.8 Å². The summed E-state index contributed by atoms with van der Waals surface area (Å²) in [5.41, 5.74) is 0. The number of aliphatic hydroxyl groups is 1. The van der Waals surface area contributed by atoms with Gasteiger partial charge in [0, 0.05) is 24.7 Å². The number of aliphatic hydroxyl groups excluding tert-OH is 1. The summed E-state index contributed by atoms with van der Waals surface area (Å²) in [5.74, 6) is 1.29.